The Morgan fingerprint density at radius 1 is 1.20 bits per heavy atom. The average molecular weight is 76.1 g/mol. The Bertz CT molecular complexity index is 4.85. The molecule has 0 atom stereocenters. The summed E-state index contributed by atoms with van der Waals surface area (Å²) in [4.78, 5) is 0. The molecule has 0 aromatic heterocycles. The highest BCUT2D eigenvalue weighted by molar-refractivity contribution is 3.91. The van der Waals surface area contributed by atoms with Crippen molar-refractivity contribution in [3.05, 3.63) is 0 Å². The summed E-state index contributed by atoms with van der Waals surface area (Å²) >= 11 is 0. The molecular weight excluding hydrogens is 64.0 g/mol. The summed E-state index contributed by atoms with van der Waals surface area (Å²) in [5.41, 5.74) is 4.50. The van der Waals surface area contributed by atoms with Crippen LogP contribution in [0.15, 0.2) is 0 Å². The first-order valence-electron chi connectivity index (χ1n) is 1.58. The van der Waals surface area contributed by atoms with Gasteiger partial charge in [-0.05, 0) is 21.1 Å². The standard InChI is InChI=1S/C2H7N.CH5N/c1-3-2;1-2/h3H,1-2H3;2H2,1H3. The normalized spacial score (nSPS) is 4.80. The predicted octanol–water partition coefficient (Wildman–Crippen LogP) is -0.589. The van der Waals surface area contributed by atoms with Crippen LogP contribution in [-0.2, 0) is 0 Å². The first-order valence-corrected chi connectivity index (χ1v) is 1.58. The van der Waals surface area contributed by atoms with E-state index in [0.717, 1.165) is 0 Å². The maximum absolute atomic E-state index is 4.50. The fourth-order valence-electron chi connectivity index (χ4n) is 0. The number of nitrogens with two attached hydrogens (primary N) is 1. The Morgan fingerprint density at radius 3 is 1.20 bits per heavy atom. The van der Waals surface area contributed by atoms with Crippen LogP contribution < -0.4 is 11.1 Å². The second-order valence-corrected chi connectivity index (χ2v) is 0.500. The lowest BCUT2D eigenvalue weighted by Gasteiger charge is -1.59. The molecule has 0 heterocycles. The summed E-state index contributed by atoms with van der Waals surface area (Å²) in [6.07, 6.45) is 0. The Balaban J connectivity index is 0. The van der Waals surface area contributed by atoms with E-state index in [1.54, 1.807) is 0 Å². The van der Waals surface area contributed by atoms with E-state index in [0.29, 0.717) is 0 Å². The minimum Gasteiger partial charge on any atom is -0.333 e. The van der Waals surface area contributed by atoms with Crippen molar-refractivity contribution in [2.45, 2.75) is 0 Å². The monoisotopic (exact) mass is 76.1 g/mol. The van der Waals surface area contributed by atoms with Crippen molar-refractivity contribution in [2.75, 3.05) is 21.1 Å². The number of hydrogen-bond acceptors (Lipinski definition) is 2. The van der Waals surface area contributed by atoms with Gasteiger partial charge in [-0.15, -0.1) is 0 Å². The van der Waals surface area contributed by atoms with E-state index < -0.39 is 0 Å². The molecule has 0 fully saturated rings. The van der Waals surface area contributed by atoms with Crippen molar-refractivity contribution in [1.29, 1.82) is 0 Å². The molecule has 0 radical (unpaired) electrons. The summed E-state index contributed by atoms with van der Waals surface area (Å²) < 4.78 is 0. The van der Waals surface area contributed by atoms with Gasteiger partial charge in [-0.1, -0.05) is 0 Å². The molecule has 0 aliphatic carbocycles. The lowest BCUT2D eigenvalue weighted by molar-refractivity contribution is 1.02. The quantitative estimate of drug-likeness (QED) is 0.405. The van der Waals surface area contributed by atoms with Gasteiger partial charge < -0.3 is 11.1 Å². The second kappa shape index (κ2) is 39.5. The summed E-state index contributed by atoms with van der Waals surface area (Å²) in [6, 6.07) is 0. The molecule has 0 unspecified atom stereocenters. The molecule has 0 saturated carbocycles. The Morgan fingerprint density at radius 2 is 1.20 bits per heavy atom. The molecule has 34 valence electrons. The Labute approximate surface area is 33.4 Å². The van der Waals surface area contributed by atoms with Crippen molar-refractivity contribution in [2.24, 2.45) is 5.73 Å². The molecule has 0 amide bonds. The third kappa shape index (κ3) is 2260. The molecule has 0 aromatic rings. The third-order valence-electron chi connectivity index (χ3n) is 0. The lowest BCUT2D eigenvalue weighted by atomic mass is 11.3. The van der Waals surface area contributed by atoms with E-state index in [-0.39, 0.29) is 0 Å². The number of hydrogen-bond donors (Lipinski definition) is 2. The van der Waals surface area contributed by atoms with E-state index in [1.165, 1.54) is 7.05 Å². The predicted molar refractivity (Wildman–Crippen MR) is 25.1 cm³/mol. The fraction of sp³-hybridized carbons (Fsp3) is 1.00. The highest BCUT2D eigenvalue weighted by atomic mass is 14.7. The average Bonchev–Trinajstić information content (AvgIpc) is 1.46. The molecule has 0 aliphatic rings. The zero-order chi connectivity index (χ0) is 4.71. The van der Waals surface area contributed by atoms with Gasteiger partial charge in [-0.3, -0.25) is 0 Å². The van der Waals surface area contributed by atoms with Crippen LogP contribution in [0, 0.1) is 0 Å². The molecule has 2 heteroatoms. The van der Waals surface area contributed by atoms with Gasteiger partial charge in [0.25, 0.3) is 0 Å². The third-order valence-corrected chi connectivity index (χ3v) is 0. The molecular formula is C3H12N2. The summed E-state index contributed by atoms with van der Waals surface area (Å²) in [7, 11) is 5.25. The molecule has 0 saturated heterocycles. The van der Waals surface area contributed by atoms with Crippen LogP contribution in [-0.4, -0.2) is 21.1 Å². The molecule has 0 aromatic carbocycles. The van der Waals surface area contributed by atoms with Crippen molar-refractivity contribution < 1.29 is 0 Å². The molecule has 0 bridgehead atoms. The topological polar surface area (TPSA) is 38.0 Å². The van der Waals surface area contributed by atoms with Crippen molar-refractivity contribution >= 4 is 0 Å². The second-order valence-electron chi connectivity index (χ2n) is 0.500. The highest BCUT2D eigenvalue weighted by Gasteiger charge is 1.25. The molecule has 3 N–H and O–H groups in total. The molecule has 2 nitrogen and oxygen atoms in total. The Kier molecular flexibility index (Phi) is 70.0. The zero-order valence-electron chi connectivity index (χ0n) is 4.08. The van der Waals surface area contributed by atoms with Crippen LogP contribution in [0.4, 0.5) is 0 Å². The van der Waals surface area contributed by atoms with E-state index in [9.17, 15) is 0 Å². The molecule has 5 heavy (non-hydrogen) atoms. The number of rotatable bonds is 0. The number of nitrogens with one attached hydrogen (secondary N) is 1. The van der Waals surface area contributed by atoms with Gasteiger partial charge in [0.1, 0.15) is 0 Å². The van der Waals surface area contributed by atoms with Gasteiger partial charge in [0.15, 0.2) is 0 Å². The van der Waals surface area contributed by atoms with Gasteiger partial charge in [0.05, 0.1) is 0 Å². The van der Waals surface area contributed by atoms with Crippen molar-refractivity contribution in [3.8, 4) is 0 Å². The minimum absolute atomic E-state index is 1.50. The SMILES string of the molecule is CN.CNC. The van der Waals surface area contributed by atoms with Crippen LogP contribution in [0.25, 0.3) is 0 Å². The van der Waals surface area contributed by atoms with Crippen LogP contribution in [0.2, 0.25) is 0 Å². The molecule has 0 aliphatic heterocycles. The fourth-order valence-corrected chi connectivity index (χ4v) is 0. The van der Waals surface area contributed by atoms with E-state index in [1.807, 2.05) is 14.1 Å². The minimum atomic E-state index is 1.50. The van der Waals surface area contributed by atoms with Crippen LogP contribution in [0.3, 0.4) is 0 Å². The van der Waals surface area contributed by atoms with E-state index in [4.69, 9.17) is 0 Å². The maximum Gasteiger partial charge on any atom is -0.0167 e. The first-order chi connectivity index (χ1) is 2.41. The lowest BCUT2D eigenvalue weighted by Crippen LogP contribution is -1.89. The van der Waals surface area contributed by atoms with Crippen LogP contribution >= 0.6 is 0 Å². The molecule has 0 rings (SSSR count). The van der Waals surface area contributed by atoms with Gasteiger partial charge in [0, 0.05) is 0 Å². The molecule has 0 spiro atoms. The maximum atomic E-state index is 4.50. The van der Waals surface area contributed by atoms with Crippen LogP contribution in [0.5, 0.6) is 0 Å². The van der Waals surface area contributed by atoms with Gasteiger partial charge in [0.2, 0.25) is 0 Å². The van der Waals surface area contributed by atoms with Gasteiger partial charge >= 0.3 is 0 Å². The smallest absolute Gasteiger partial charge is 0.0167 e. The van der Waals surface area contributed by atoms with Gasteiger partial charge in [-0.25, -0.2) is 0 Å². The van der Waals surface area contributed by atoms with Gasteiger partial charge in [-0.2, -0.15) is 0 Å². The largest absolute Gasteiger partial charge is 0.333 e. The van der Waals surface area contributed by atoms with Crippen molar-refractivity contribution in [3.63, 3.8) is 0 Å². The first kappa shape index (κ1) is 8.87. The Hall–Kier alpha value is -0.0800. The summed E-state index contributed by atoms with van der Waals surface area (Å²) in [5.74, 6) is 0. The van der Waals surface area contributed by atoms with Crippen molar-refractivity contribution in [1.82, 2.24) is 5.32 Å². The zero-order valence-corrected chi connectivity index (χ0v) is 4.08. The highest BCUT2D eigenvalue weighted by Crippen LogP contribution is 0.981. The summed E-state index contributed by atoms with van der Waals surface area (Å²) in [6.45, 7) is 0. The van der Waals surface area contributed by atoms with E-state index in [2.05, 4.69) is 11.1 Å². The van der Waals surface area contributed by atoms with E-state index >= 15 is 0 Å². The van der Waals surface area contributed by atoms with Crippen LogP contribution in [0.1, 0.15) is 0 Å². The summed E-state index contributed by atoms with van der Waals surface area (Å²) in [5, 5.41) is 2.75.